The van der Waals surface area contributed by atoms with E-state index in [1.165, 1.54) is 19.3 Å². The highest BCUT2D eigenvalue weighted by molar-refractivity contribution is 5.85. The predicted molar refractivity (Wildman–Crippen MR) is 69.7 cm³/mol. The molecule has 0 saturated heterocycles. The van der Waals surface area contributed by atoms with Gasteiger partial charge in [0.25, 0.3) is 0 Å². The molecule has 1 fully saturated rings. The number of carbonyl (C=O) groups excluding carboxylic acids is 1. The Balaban J connectivity index is 0.00000225. The van der Waals surface area contributed by atoms with Gasteiger partial charge >= 0.3 is 0 Å². The minimum atomic E-state index is -0.327. The van der Waals surface area contributed by atoms with Crippen LogP contribution in [0.15, 0.2) is 0 Å². The lowest BCUT2D eigenvalue weighted by Crippen LogP contribution is -2.46. The molecule has 1 aliphatic carbocycles. The van der Waals surface area contributed by atoms with E-state index in [0.717, 1.165) is 19.3 Å². The van der Waals surface area contributed by atoms with Gasteiger partial charge in [-0.2, -0.15) is 0 Å². The first-order chi connectivity index (χ1) is 7.09. The number of carbonyl (C=O) groups is 1. The number of nitrogens with two attached hydrogens (primary N) is 1. The fourth-order valence-electron chi connectivity index (χ4n) is 2.17. The highest BCUT2D eigenvalue weighted by Gasteiger charge is 2.20. The molecule has 1 saturated carbocycles. The lowest BCUT2D eigenvalue weighted by Gasteiger charge is -2.24. The molecular weight excluding hydrogens is 224 g/mol. The van der Waals surface area contributed by atoms with Crippen molar-refractivity contribution in [3.05, 3.63) is 0 Å². The fourth-order valence-corrected chi connectivity index (χ4v) is 2.17. The first kappa shape index (κ1) is 15.7. The van der Waals surface area contributed by atoms with E-state index in [0.29, 0.717) is 12.0 Å². The SMILES string of the molecule is CC(C)C[C@H](N)C(=O)NC1CCCCC1.Cl. The van der Waals surface area contributed by atoms with Crippen LogP contribution in [0.3, 0.4) is 0 Å². The van der Waals surface area contributed by atoms with E-state index in [1.54, 1.807) is 0 Å². The van der Waals surface area contributed by atoms with E-state index in [1.807, 2.05) is 0 Å². The van der Waals surface area contributed by atoms with Crippen molar-refractivity contribution in [3.63, 3.8) is 0 Å². The average molecular weight is 249 g/mol. The van der Waals surface area contributed by atoms with E-state index >= 15 is 0 Å². The standard InChI is InChI=1S/C12H24N2O.ClH/c1-9(2)8-11(13)12(15)14-10-6-4-3-5-7-10;/h9-11H,3-8,13H2,1-2H3,(H,14,15);1H/t11-;/m0./s1. The van der Waals surface area contributed by atoms with Gasteiger partial charge in [0.1, 0.15) is 0 Å². The summed E-state index contributed by atoms with van der Waals surface area (Å²) >= 11 is 0. The first-order valence-corrected chi connectivity index (χ1v) is 6.15. The van der Waals surface area contributed by atoms with Crippen LogP contribution in [-0.4, -0.2) is 18.0 Å². The van der Waals surface area contributed by atoms with Crippen LogP contribution in [0.5, 0.6) is 0 Å². The molecular formula is C12H25ClN2O. The number of halogens is 1. The third kappa shape index (κ3) is 5.71. The van der Waals surface area contributed by atoms with Crippen LogP contribution >= 0.6 is 12.4 Å². The van der Waals surface area contributed by atoms with Gasteiger partial charge in [-0.3, -0.25) is 4.79 Å². The molecule has 0 aromatic heterocycles. The van der Waals surface area contributed by atoms with Crippen molar-refractivity contribution in [2.45, 2.75) is 64.5 Å². The maximum atomic E-state index is 11.7. The largest absolute Gasteiger partial charge is 0.352 e. The molecule has 1 rings (SSSR count). The van der Waals surface area contributed by atoms with Gasteiger partial charge in [0, 0.05) is 6.04 Å². The first-order valence-electron chi connectivity index (χ1n) is 6.15. The summed E-state index contributed by atoms with van der Waals surface area (Å²) < 4.78 is 0. The molecule has 1 amide bonds. The number of nitrogens with one attached hydrogen (secondary N) is 1. The number of rotatable bonds is 4. The summed E-state index contributed by atoms with van der Waals surface area (Å²) in [7, 11) is 0. The molecule has 1 aliphatic rings. The Hall–Kier alpha value is -0.280. The molecule has 0 unspecified atom stereocenters. The molecule has 0 aliphatic heterocycles. The van der Waals surface area contributed by atoms with Gasteiger partial charge < -0.3 is 11.1 Å². The van der Waals surface area contributed by atoms with Crippen LogP contribution in [0.4, 0.5) is 0 Å². The molecule has 0 spiro atoms. The molecule has 96 valence electrons. The second-order valence-corrected chi connectivity index (χ2v) is 5.08. The molecule has 16 heavy (non-hydrogen) atoms. The van der Waals surface area contributed by atoms with E-state index < -0.39 is 0 Å². The quantitative estimate of drug-likeness (QED) is 0.802. The highest BCUT2D eigenvalue weighted by atomic mass is 35.5. The Bertz CT molecular complexity index is 203. The molecule has 0 aromatic carbocycles. The summed E-state index contributed by atoms with van der Waals surface area (Å²) in [6, 6.07) is 0.0522. The maximum absolute atomic E-state index is 11.7. The van der Waals surface area contributed by atoms with Crippen molar-refractivity contribution in [1.29, 1.82) is 0 Å². The Morgan fingerprint density at radius 1 is 1.31 bits per heavy atom. The van der Waals surface area contributed by atoms with Crippen LogP contribution in [0.2, 0.25) is 0 Å². The molecule has 3 nitrogen and oxygen atoms in total. The molecule has 3 N–H and O–H groups in total. The molecule has 0 radical (unpaired) electrons. The van der Waals surface area contributed by atoms with Crippen molar-refractivity contribution < 1.29 is 4.79 Å². The minimum absolute atomic E-state index is 0. The van der Waals surface area contributed by atoms with Crippen LogP contribution in [0.25, 0.3) is 0 Å². The van der Waals surface area contributed by atoms with Gasteiger partial charge in [-0.25, -0.2) is 0 Å². The lowest BCUT2D eigenvalue weighted by molar-refractivity contribution is -0.123. The minimum Gasteiger partial charge on any atom is -0.352 e. The monoisotopic (exact) mass is 248 g/mol. The number of hydrogen-bond acceptors (Lipinski definition) is 2. The van der Waals surface area contributed by atoms with Gasteiger partial charge in [-0.15, -0.1) is 12.4 Å². The Morgan fingerprint density at radius 3 is 2.38 bits per heavy atom. The molecule has 1 atom stereocenters. The molecule has 0 bridgehead atoms. The van der Waals surface area contributed by atoms with Gasteiger partial charge in [-0.1, -0.05) is 33.1 Å². The van der Waals surface area contributed by atoms with Crippen LogP contribution in [-0.2, 0) is 4.79 Å². The zero-order valence-electron chi connectivity index (χ0n) is 10.4. The summed E-state index contributed by atoms with van der Waals surface area (Å²) in [4.78, 5) is 11.7. The van der Waals surface area contributed by atoms with Crippen LogP contribution < -0.4 is 11.1 Å². The Morgan fingerprint density at radius 2 is 1.88 bits per heavy atom. The molecule has 4 heteroatoms. The Labute approximate surface area is 105 Å². The average Bonchev–Trinajstić information content (AvgIpc) is 2.18. The normalized spacial score (nSPS) is 19.0. The third-order valence-corrected chi connectivity index (χ3v) is 3.01. The van der Waals surface area contributed by atoms with Crippen molar-refractivity contribution in [3.8, 4) is 0 Å². The third-order valence-electron chi connectivity index (χ3n) is 3.01. The van der Waals surface area contributed by atoms with E-state index in [2.05, 4.69) is 19.2 Å². The van der Waals surface area contributed by atoms with Crippen molar-refractivity contribution in [2.75, 3.05) is 0 Å². The second kappa shape index (κ2) is 7.91. The van der Waals surface area contributed by atoms with Crippen LogP contribution in [0.1, 0.15) is 52.4 Å². The van der Waals surface area contributed by atoms with Crippen LogP contribution in [0, 0.1) is 5.92 Å². The summed E-state index contributed by atoms with van der Waals surface area (Å²) in [6.45, 7) is 4.18. The van der Waals surface area contributed by atoms with Gasteiger partial charge in [0.2, 0.25) is 5.91 Å². The Kier molecular flexibility index (Phi) is 7.77. The lowest BCUT2D eigenvalue weighted by atomic mass is 9.95. The van der Waals surface area contributed by atoms with Gasteiger partial charge in [-0.05, 0) is 25.2 Å². The fraction of sp³-hybridized carbons (Fsp3) is 0.917. The summed E-state index contributed by atoms with van der Waals surface area (Å²) in [5, 5.41) is 3.06. The highest BCUT2D eigenvalue weighted by Crippen LogP contribution is 2.17. The zero-order chi connectivity index (χ0) is 11.3. The van der Waals surface area contributed by atoms with E-state index in [-0.39, 0.29) is 24.4 Å². The van der Waals surface area contributed by atoms with E-state index in [9.17, 15) is 4.79 Å². The van der Waals surface area contributed by atoms with E-state index in [4.69, 9.17) is 5.73 Å². The molecule has 0 heterocycles. The molecule has 0 aromatic rings. The number of hydrogen-bond donors (Lipinski definition) is 2. The smallest absolute Gasteiger partial charge is 0.237 e. The predicted octanol–water partition coefficient (Wildman–Crippen LogP) is 2.23. The van der Waals surface area contributed by atoms with Gasteiger partial charge in [0.15, 0.2) is 0 Å². The topological polar surface area (TPSA) is 55.1 Å². The summed E-state index contributed by atoms with van der Waals surface area (Å²) in [6.07, 6.45) is 6.82. The summed E-state index contributed by atoms with van der Waals surface area (Å²) in [5.74, 6) is 0.521. The van der Waals surface area contributed by atoms with Crippen molar-refractivity contribution >= 4 is 18.3 Å². The number of amides is 1. The van der Waals surface area contributed by atoms with Gasteiger partial charge in [0.05, 0.1) is 6.04 Å². The summed E-state index contributed by atoms with van der Waals surface area (Å²) in [5.41, 5.74) is 5.82. The zero-order valence-corrected chi connectivity index (χ0v) is 11.2. The maximum Gasteiger partial charge on any atom is 0.237 e. The second-order valence-electron chi connectivity index (χ2n) is 5.08. The van der Waals surface area contributed by atoms with Crippen molar-refractivity contribution in [2.24, 2.45) is 11.7 Å². The van der Waals surface area contributed by atoms with Crippen molar-refractivity contribution in [1.82, 2.24) is 5.32 Å².